The van der Waals surface area contributed by atoms with Gasteiger partial charge in [-0.25, -0.2) is 9.97 Å². The summed E-state index contributed by atoms with van der Waals surface area (Å²) in [6.07, 6.45) is 14.9. The number of para-hydroxylation sites is 4. The van der Waals surface area contributed by atoms with Crippen molar-refractivity contribution in [1.82, 2.24) is 54.1 Å². The van der Waals surface area contributed by atoms with Crippen LogP contribution >= 0.6 is 0 Å². The van der Waals surface area contributed by atoms with E-state index in [1.165, 1.54) is 52.8 Å². The van der Waals surface area contributed by atoms with Gasteiger partial charge >= 0.3 is 0 Å². The highest BCUT2D eigenvalue weighted by Gasteiger charge is 2.28. The minimum atomic E-state index is 0.350. The number of nitrogens with zero attached hydrogens (tertiary/aromatic N) is 10. The van der Waals surface area contributed by atoms with Crippen LogP contribution in [0.5, 0.6) is 0 Å². The predicted octanol–water partition coefficient (Wildman–Crippen LogP) is 9.43. The number of imidazole rings is 2. The molecule has 0 amide bonds. The van der Waals surface area contributed by atoms with Crippen LogP contribution < -0.4 is 5.32 Å². The summed E-state index contributed by atoms with van der Waals surface area (Å²) in [6, 6.07) is 32.3. The molecular weight excluding hydrogens is 779 g/mol. The first-order valence-corrected chi connectivity index (χ1v) is 23.3. The van der Waals surface area contributed by atoms with E-state index in [-0.39, 0.29) is 0 Å². The van der Waals surface area contributed by atoms with Crippen molar-refractivity contribution in [1.29, 1.82) is 0 Å². The molecule has 0 fully saturated rings. The van der Waals surface area contributed by atoms with Gasteiger partial charge in [0, 0.05) is 38.2 Å². The monoisotopic (exact) mass is 848 g/mol. The molecule has 63 heavy (non-hydrogen) atoms. The molecule has 7 aromatic rings. The maximum absolute atomic E-state index is 5.02. The average Bonchev–Trinajstić information content (AvgIpc) is 3.85. The smallest absolute Gasteiger partial charge is 0.124 e. The van der Waals surface area contributed by atoms with Crippen molar-refractivity contribution >= 4 is 22.1 Å². The summed E-state index contributed by atoms with van der Waals surface area (Å²) in [7, 11) is 8.70. The van der Waals surface area contributed by atoms with Gasteiger partial charge in [-0.05, 0) is 152 Å². The molecule has 332 valence electrons. The van der Waals surface area contributed by atoms with Gasteiger partial charge in [0.15, 0.2) is 0 Å². The number of fused-ring (bicyclic) bond motifs is 4. The van der Waals surface area contributed by atoms with Crippen molar-refractivity contribution in [2.24, 2.45) is 0 Å². The number of benzene rings is 2. The summed E-state index contributed by atoms with van der Waals surface area (Å²) in [5.74, 6) is 2.29. The maximum Gasteiger partial charge on any atom is 0.124 e. The Morgan fingerprint density at radius 2 is 1.10 bits per heavy atom. The second-order valence-electron chi connectivity index (χ2n) is 17.1. The highest BCUT2D eigenvalue weighted by molar-refractivity contribution is 5.76. The van der Waals surface area contributed by atoms with Crippen LogP contribution in [-0.4, -0.2) is 90.0 Å². The van der Waals surface area contributed by atoms with Crippen LogP contribution in [0.2, 0.25) is 0 Å². The van der Waals surface area contributed by atoms with Gasteiger partial charge in [-0.2, -0.15) is 0 Å². The van der Waals surface area contributed by atoms with Gasteiger partial charge < -0.3 is 19.4 Å². The number of rotatable bonds is 16. The molecule has 5 heterocycles. The Morgan fingerprint density at radius 3 is 1.62 bits per heavy atom. The van der Waals surface area contributed by atoms with Gasteiger partial charge in [-0.1, -0.05) is 56.3 Å². The van der Waals surface area contributed by atoms with Gasteiger partial charge in [0.25, 0.3) is 0 Å². The molecule has 2 unspecified atom stereocenters. The van der Waals surface area contributed by atoms with E-state index in [0.717, 1.165) is 106 Å². The van der Waals surface area contributed by atoms with Crippen molar-refractivity contribution in [2.45, 2.75) is 110 Å². The van der Waals surface area contributed by atoms with Gasteiger partial charge in [-0.3, -0.25) is 24.8 Å². The Balaban J connectivity index is 0.000000184. The lowest BCUT2D eigenvalue weighted by Crippen LogP contribution is -2.29. The largest absolute Gasteiger partial charge is 0.327 e. The molecule has 0 spiro atoms. The number of pyridine rings is 3. The Morgan fingerprint density at radius 1 is 0.587 bits per heavy atom. The predicted molar refractivity (Wildman–Crippen MR) is 257 cm³/mol. The number of nitrogens with one attached hydrogen (secondary N) is 1. The van der Waals surface area contributed by atoms with E-state index in [4.69, 9.17) is 19.9 Å². The van der Waals surface area contributed by atoms with Crippen molar-refractivity contribution in [3.05, 3.63) is 149 Å². The second kappa shape index (κ2) is 22.9. The van der Waals surface area contributed by atoms with E-state index in [2.05, 4.69) is 141 Å². The zero-order chi connectivity index (χ0) is 44.0. The Labute approximate surface area is 375 Å². The van der Waals surface area contributed by atoms with Crippen molar-refractivity contribution < 1.29 is 0 Å². The maximum atomic E-state index is 5.02. The molecule has 0 radical (unpaired) electrons. The quantitative estimate of drug-likeness (QED) is 0.0955. The fourth-order valence-corrected chi connectivity index (χ4v) is 9.31. The average molecular weight is 848 g/mol. The molecule has 11 nitrogen and oxygen atoms in total. The first-order valence-electron chi connectivity index (χ1n) is 23.3. The van der Waals surface area contributed by atoms with E-state index >= 15 is 0 Å². The molecule has 0 saturated carbocycles. The lowest BCUT2D eigenvalue weighted by molar-refractivity contribution is 0.201. The third-order valence-electron chi connectivity index (χ3n) is 12.4. The van der Waals surface area contributed by atoms with E-state index < -0.39 is 0 Å². The normalized spacial score (nSPS) is 15.8. The van der Waals surface area contributed by atoms with Crippen LogP contribution in [0.25, 0.3) is 22.1 Å². The van der Waals surface area contributed by atoms with Crippen LogP contribution in [-0.2, 0) is 45.6 Å². The number of hydrogen-bond acceptors (Lipinski definition) is 9. The van der Waals surface area contributed by atoms with Gasteiger partial charge in [0.1, 0.15) is 11.6 Å². The molecule has 11 heteroatoms. The fourth-order valence-electron chi connectivity index (χ4n) is 9.31. The van der Waals surface area contributed by atoms with E-state index in [0.29, 0.717) is 12.1 Å². The lowest BCUT2D eigenvalue weighted by Gasteiger charge is -2.32. The number of aryl methyl sites for hydroxylation is 4. The van der Waals surface area contributed by atoms with Gasteiger partial charge in [0.05, 0.1) is 64.3 Å². The fraction of sp³-hybridized carbons (Fsp3) is 0.442. The molecule has 9 rings (SSSR count). The SMILES string of the molecule is CC.CN(C)CCCn1c(CN(C)C2CCCc3cccnc32)nc2ccccc21.CN(Cc1nc2ccccc2n1CCCNCc1ccccn1)C1CCCc2cccnc21. The molecule has 1 N–H and O–H groups in total. The topological polar surface area (TPSA) is 96.1 Å². The Bertz CT molecular complexity index is 2460. The molecule has 0 aliphatic heterocycles. The second-order valence-corrected chi connectivity index (χ2v) is 17.1. The highest BCUT2D eigenvalue weighted by atomic mass is 15.2. The summed E-state index contributed by atoms with van der Waals surface area (Å²) in [5, 5.41) is 3.52. The number of hydrogen-bond donors (Lipinski definition) is 1. The van der Waals surface area contributed by atoms with E-state index in [9.17, 15) is 0 Å². The minimum Gasteiger partial charge on any atom is -0.327 e. The number of aromatic nitrogens is 7. The van der Waals surface area contributed by atoms with Gasteiger partial charge in [0.2, 0.25) is 0 Å². The van der Waals surface area contributed by atoms with Crippen molar-refractivity contribution in [2.75, 3.05) is 41.3 Å². The standard InChI is InChI=1S/C27H32N6.C23H31N5.C2H6/c1-32(25-14-6-9-21-10-7-17-30-27(21)25)20-26-31-23-12-2-3-13-24(23)33(26)18-8-15-28-19-22-11-4-5-16-29-22;1-26(2)15-8-16-28-20-12-5-4-11-19(20)25-22(28)17-27(3)21-13-6-9-18-10-7-14-24-23(18)21;1-2/h2-5,7,10-13,16-17,25,28H,6,8-9,14-15,18-20H2,1H3;4-5,7,10-12,14,21H,6,8-9,13,15-17H2,1-3H3;1-2H3. The Hall–Kier alpha value is -5.33. The zero-order valence-corrected chi connectivity index (χ0v) is 38.6. The first kappa shape index (κ1) is 45.7. The molecule has 2 aromatic carbocycles. The highest BCUT2D eigenvalue weighted by Crippen LogP contribution is 2.34. The van der Waals surface area contributed by atoms with Crippen LogP contribution in [0.3, 0.4) is 0 Å². The third kappa shape index (κ3) is 11.6. The Kier molecular flexibility index (Phi) is 16.6. The van der Waals surface area contributed by atoms with E-state index in [1.54, 1.807) is 0 Å². The molecular formula is C52H69N11. The zero-order valence-electron chi connectivity index (χ0n) is 38.6. The summed E-state index contributed by atoms with van der Waals surface area (Å²) in [4.78, 5) is 31.0. The van der Waals surface area contributed by atoms with Crippen LogP contribution in [0.4, 0.5) is 0 Å². The molecule has 5 aromatic heterocycles. The molecule has 0 bridgehead atoms. The molecule has 2 atom stereocenters. The first-order chi connectivity index (χ1) is 30.9. The van der Waals surface area contributed by atoms with Gasteiger partial charge in [-0.15, -0.1) is 0 Å². The van der Waals surface area contributed by atoms with Crippen molar-refractivity contribution in [3.63, 3.8) is 0 Å². The van der Waals surface area contributed by atoms with Crippen molar-refractivity contribution in [3.8, 4) is 0 Å². The third-order valence-corrected chi connectivity index (χ3v) is 12.4. The van der Waals surface area contributed by atoms with Crippen LogP contribution in [0, 0.1) is 0 Å². The summed E-state index contributed by atoms with van der Waals surface area (Å²) in [6.45, 7) is 10.4. The minimum absolute atomic E-state index is 0.350. The summed E-state index contributed by atoms with van der Waals surface area (Å²) in [5.41, 5.74) is 11.0. The molecule has 2 aliphatic carbocycles. The summed E-state index contributed by atoms with van der Waals surface area (Å²) < 4.78 is 4.81. The molecule has 0 saturated heterocycles. The summed E-state index contributed by atoms with van der Waals surface area (Å²) >= 11 is 0. The van der Waals surface area contributed by atoms with Crippen LogP contribution in [0.1, 0.15) is 104 Å². The van der Waals surface area contributed by atoms with Crippen LogP contribution in [0.15, 0.2) is 110 Å². The van der Waals surface area contributed by atoms with E-state index in [1.807, 2.05) is 44.6 Å². The molecule has 2 aliphatic rings. The lowest BCUT2D eigenvalue weighted by atomic mass is 9.91.